The van der Waals surface area contributed by atoms with Crippen LogP contribution in [-0.2, 0) is 9.59 Å². The van der Waals surface area contributed by atoms with E-state index in [-0.39, 0.29) is 17.1 Å². The maximum atomic E-state index is 13.0. The Hall–Kier alpha value is -3.45. The zero-order chi connectivity index (χ0) is 20.7. The summed E-state index contributed by atoms with van der Waals surface area (Å²) in [6.45, 7) is 3.72. The molecule has 1 atom stereocenters. The Morgan fingerprint density at radius 2 is 1.79 bits per heavy atom. The van der Waals surface area contributed by atoms with Gasteiger partial charge in [-0.2, -0.15) is 0 Å². The molecule has 0 radical (unpaired) electrons. The molecule has 0 aliphatic carbocycles. The third-order valence-electron chi connectivity index (χ3n) is 4.90. The smallest absolute Gasteiger partial charge is 0.301 e. The molecule has 4 rings (SSSR count). The van der Waals surface area contributed by atoms with Crippen molar-refractivity contribution in [1.82, 2.24) is 4.98 Å². The number of hydrogen-bond donors (Lipinski definition) is 2. The summed E-state index contributed by atoms with van der Waals surface area (Å²) in [6, 6.07) is 14.0. The highest BCUT2D eigenvalue weighted by Gasteiger charge is 2.48. The lowest BCUT2D eigenvalue weighted by atomic mass is 9.95. The fourth-order valence-corrected chi connectivity index (χ4v) is 4.29. The number of aromatic nitrogens is 1. The van der Waals surface area contributed by atoms with E-state index in [0.717, 1.165) is 10.6 Å². The van der Waals surface area contributed by atoms with Crippen molar-refractivity contribution in [2.75, 3.05) is 4.90 Å². The number of phenolic OH excluding ortho intramolecular Hbond substituents is 1. The van der Waals surface area contributed by atoms with Crippen molar-refractivity contribution in [2.24, 2.45) is 0 Å². The van der Waals surface area contributed by atoms with Gasteiger partial charge in [0, 0.05) is 10.4 Å². The minimum absolute atomic E-state index is 0.000649. The Morgan fingerprint density at radius 1 is 1.07 bits per heavy atom. The molecule has 1 fully saturated rings. The number of hydrogen-bond acceptors (Lipinski definition) is 6. The Balaban J connectivity index is 1.97. The van der Waals surface area contributed by atoms with Crippen LogP contribution in [0.15, 0.2) is 60.2 Å². The minimum Gasteiger partial charge on any atom is -0.508 e. The molecule has 1 aromatic heterocycles. The van der Waals surface area contributed by atoms with Gasteiger partial charge in [-0.3, -0.25) is 14.5 Å². The summed E-state index contributed by atoms with van der Waals surface area (Å²) in [5, 5.41) is 21.3. The van der Waals surface area contributed by atoms with E-state index >= 15 is 0 Å². The quantitative estimate of drug-likeness (QED) is 0.388. The number of phenols is 1. The molecule has 1 amide bonds. The number of amides is 1. The molecule has 2 aromatic carbocycles. The molecule has 2 N–H and O–H groups in total. The van der Waals surface area contributed by atoms with E-state index in [9.17, 15) is 19.8 Å². The predicted octanol–water partition coefficient (Wildman–Crippen LogP) is 4.09. The van der Waals surface area contributed by atoms with Crippen molar-refractivity contribution in [3.8, 4) is 5.75 Å². The predicted molar refractivity (Wildman–Crippen MR) is 111 cm³/mol. The fourth-order valence-electron chi connectivity index (χ4n) is 3.35. The van der Waals surface area contributed by atoms with Crippen LogP contribution in [-0.4, -0.2) is 26.9 Å². The summed E-state index contributed by atoms with van der Waals surface area (Å²) in [6.07, 6.45) is 0. The van der Waals surface area contributed by atoms with Crippen molar-refractivity contribution in [1.29, 1.82) is 0 Å². The summed E-state index contributed by atoms with van der Waals surface area (Å²) >= 11 is 1.30. The van der Waals surface area contributed by atoms with Gasteiger partial charge in [0.1, 0.15) is 11.5 Å². The number of benzene rings is 2. The van der Waals surface area contributed by atoms with Gasteiger partial charge in [-0.05, 0) is 31.5 Å². The standard InChI is InChI=1S/C22H18N2O4S/c1-12-13(2)29-22(23-12)24-18(15-9-6-10-16(25)11-15)17(20(27)21(24)28)19(26)14-7-4-3-5-8-14/h3-11,18,25-26H,1-2H3/b19-17-. The normalized spacial score (nSPS) is 18.4. The van der Waals surface area contributed by atoms with Gasteiger partial charge in [0.2, 0.25) is 0 Å². The number of ketones is 1. The summed E-state index contributed by atoms with van der Waals surface area (Å²) in [5.41, 5.74) is 1.68. The highest BCUT2D eigenvalue weighted by Crippen LogP contribution is 2.44. The summed E-state index contributed by atoms with van der Waals surface area (Å²) < 4.78 is 0. The van der Waals surface area contributed by atoms with Gasteiger partial charge in [0.25, 0.3) is 5.78 Å². The topological polar surface area (TPSA) is 90.7 Å². The van der Waals surface area contributed by atoms with Crippen molar-refractivity contribution in [3.63, 3.8) is 0 Å². The van der Waals surface area contributed by atoms with E-state index in [2.05, 4.69) is 4.98 Å². The molecule has 1 saturated heterocycles. The van der Waals surface area contributed by atoms with Crippen LogP contribution in [0.4, 0.5) is 5.13 Å². The van der Waals surface area contributed by atoms with Crippen LogP contribution in [0.2, 0.25) is 0 Å². The van der Waals surface area contributed by atoms with Crippen molar-refractivity contribution in [3.05, 3.63) is 81.9 Å². The third kappa shape index (κ3) is 3.19. The zero-order valence-corrected chi connectivity index (χ0v) is 16.6. The number of aryl methyl sites for hydroxylation is 2. The molecule has 1 unspecified atom stereocenters. The Labute approximate surface area is 171 Å². The van der Waals surface area contributed by atoms with Crippen LogP contribution < -0.4 is 4.90 Å². The van der Waals surface area contributed by atoms with Gasteiger partial charge < -0.3 is 10.2 Å². The number of Topliss-reactive ketones (excluding diaryl/α,β-unsaturated/α-hetero) is 1. The monoisotopic (exact) mass is 406 g/mol. The SMILES string of the molecule is Cc1nc(N2C(=O)C(=O)/C(=C(\O)c3ccccc3)C2c2cccc(O)c2)sc1C. The number of aliphatic hydroxyl groups is 1. The van der Waals surface area contributed by atoms with E-state index in [1.807, 2.05) is 13.8 Å². The van der Waals surface area contributed by atoms with Crippen LogP contribution in [0.5, 0.6) is 5.75 Å². The Kier molecular flexibility index (Phi) is 4.68. The lowest BCUT2D eigenvalue weighted by molar-refractivity contribution is -0.132. The summed E-state index contributed by atoms with van der Waals surface area (Å²) in [5.74, 6) is -1.81. The average molecular weight is 406 g/mol. The maximum absolute atomic E-state index is 13.0. The van der Waals surface area contributed by atoms with Gasteiger partial charge in [0.05, 0.1) is 17.3 Å². The highest BCUT2D eigenvalue weighted by molar-refractivity contribution is 7.16. The number of thiazole rings is 1. The zero-order valence-electron chi connectivity index (χ0n) is 15.8. The molecule has 3 aromatic rings. The summed E-state index contributed by atoms with van der Waals surface area (Å²) in [4.78, 5) is 32.6. The molecular weight excluding hydrogens is 388 g/mol. The number of carbonyl (C=O) groups is 2. The second-order valence-corrected chi connectivity index (χ2v) is 7.95. The van der Waals surface area contributed by atoms with Crippen LogP contribution in [0.25, 0.3) is 5.76 Å². The molecule has 0 spiro atoms. The van der Waals surface area contributed by atoms with E-state index in [4.69, 9.17) is 0 Å². The van der Waals surface area contributed by atoms with Gasteiger partial charge in [-0.1, -0.05) is 42.5 Å². The number of aliphatic hydroxyl groups excluding tert-OH is 1. The average Bonchev–Trinajstić information content (AvgIpc) is 3.18. The van der Waals surface area contributed by atoms with Crippen molar-refractivity contribution in [2.45, 2.75) is 19.9 Å². The molecule has 0 bridgehead atoms. The van der Waals surface area contributed by atoms with Crippen molar-refractivity contribution >= 4 is 33.9 Å². The van der Waals surface area contributed by atoms with Gasteiger partial charge in [-0.25, -0.2) is 4.98 Å². The second-order valence-electron chi connectivity index (χ2n) is 6.77. The number of aromatic hydroxyl groups is 1. The third-order valence-corrected chi connectivity index (χ3v) is 5.97. The molecule has 1 aliphatic heterocycles. The molecule has 0 saturated carbocycles. The molecule has 7 heteroatoms. The first-order valence-electron chi connectivity index (χ1n) is 8.98. The molecule has 2 heterocycles. The van der Waals surface area contributed by atoms with E-state index in [1.54, 1.807) is 42.5 Å². The van der Waals surface area contributed by atoms with Gasteiger partial charge in [-0.15, -0.1) is 11.3 Å². The molecule has 146 valence electrons. The number of rotatable bonds is 3. The molecule has 29 heavy (non-hydrogen) atoms. The van der Waals surface area contributed by atoms with Crippen molar-refractivity contribution < 1.29 is 19.8 Å². The van der Waals surface area contributed by atoms with E-state index in [0.29, 0.717) is 16.3 Å². The lowest BCUT2D eigenvalue weighted by Crippen LogP contribution is -2.29. The first kappa shape index (κ1) is 18.9. The van der Waals surface area contributed by atoms with E-state index in [1.165, 1.54) is 28.4 Å². The van der Waals surface area contributed by atoms with E-state index < -0.39 is 17.7 Å². The largest absolute Gasteiger partial charge is 0.508 e. The number of nitrogens with zero attached hydrogens (tertiary/aromatic N) is 2. The minimum atomic E-state index is -0.896. The Bertz CT molecular complexity index is 1130. The Morgan fingerprint density at radius 3 is 2.41 bits per heavy atom. The highest BCUT2D eigenvalue weighted by atomic mass is 32.1. The first-order chi connectivity index (χ1) is 13.9. The fraction of sp³-hybridized carbons (Fsp3) is 0.136. The van der Waals surface area contributed by atoms with Crippen LogP contribution in [0.1, 0.15) is 27.7 Å². The van der Waals surface area contributed by atoms with Gasteiger partial charge >= 0.3 is 5.91 Å². The van der Waals surface area contributed by atoms with Crippen LogP contribution in [0.3, 0.4) is 0 Å². The first-order valence-corrected chi connectivity index (χ1v) is 9.79. The van der Waals surface area contributed by atoms with Crippen LogP contribution >= 0.6 is 11.3 Å². The lowest BCUT2D eigenvalue weighted by Gasteiger charge is -2.23. The molecule has 1 aliphatic rings. The number of carbonyl (C=O) groups excluding carboxylic acids is 2. The second kappa shape index (κ2) is 7.18. The summed E-state index contributed by atoms with van der Waals surface area (Å²) in [7, 11) is 0. The maximum Gasteiger partial charge on any atom is 0.301 e. The number of anilines is 1. The van der Waals surface area contributed by atoms with Crippen LogP contribution in [0, 0.1) is 13.8 Å². The molecular formula is C22H18N2O4S. The van der Waals surface area contributed by atoms with Gasteiger partial charge in [0.15, 0.2) is 5.13 Å². The molecule has 6 nitrogen and oxygen atoms in total.